The van der Waals surface area contributed by atoms with Crippen LogP contribution in [-0.4, -0.2) is 19.9 Å². The van der Waals surface area contributed by atoms with Gasteiger partial charge in [0, 0.05) is 44.0 Å². The van der Waals surface area contributed by atoms with Gasteiger partial charge < -0.3 is 8.83 Å². The van der Waals surface area contributed by atoms with E-state index in [0.717, 1.165) is 66.4 Å². The van der Waals surface area contributed by atoms with E-state index in [1.165, 1.54) is 22.3 Å². The number of benzene rings is 7. The van der Waals surface area contributed by atoms with Crippen LogP contribution >= 0.6 is 0 Å². The molecule has 0 aliphatic heterocycles. The van der Waals surface area contributed by atoms with E-state index < -0.39 is 0 Å². The molecule has 11 rings (SSSR count). The third kappa shape index (κ3) is 4.88. The standard InChI is InChI=1S/C49H32N4O2/c1-49(2)37-22-10-9-18-32(37)36-28-31(26-27-38(36)49)48-50-44-34(20-12-25-41(44)55-48)33-19-11-23-39-42(33)43-35(21-13-24-40(43)54-39)47-52-45(29-14-5-3-6-15-29)51-46(53-47)30-16-7-4-8-17-30/h3-28H,1-2H3. The Labute approximate surface area is 316 Å². The Morgan fingerprint density at radius 3 is 1.64 bits per heavy atom. The Hall–Kier alpha value is -7.18. The number of oxazole rings is 1. The largest absolute Gasteiger partial charge is 0.456 e. The lowest BCUT2D eigenvalue weighted by molar-refractivity contribution is 0.619. The Kier molecular flexibility index (Phi) is 6.79. The van der Waals surface area contributed by atoms with Crippen molar-refractivity contribution in [2.24, 2.45) is 0 Å². The van der Waals surface area contributed by atoms with Crippen molar-refractivity contribution >= 4 is 33.0 Å². The summed E-state index contributed by atoms with van der Waals surface area (Å²) in [7, 11) is 0. The van der Waals surface area contributed by atoms with Crippen molar-refractivity contribution in [1.82, 2.24) is 19.9 Å². The van der Waals surface area contributed by atoms with Crippen LogP contribution in [0.25, 0.3) is 101 Å². The molecule has 7 aromatic carbocycles. The predicted molar refractivity (Wildman–Crippen MR) is 219 cm³/mol. The maximum absolute atomic E-state index is 6.57. The van der Waals surface area contributed by atoms with Gasteiger partial charge in [0.15, 0.2) is 23.1 Å². The third-order valence-corrected chi connectivity index (χ3v) is 11.0. The van der Waals surface area contributed by atoms with Crippen LogP contribution in [0, 0.1) is 0 Å². The second-order valence-electron chi connectivity index (χ2n) is 14.6. The average Bonchev–Trinajstić information content (AvgIpc) is 3.92. The molecule has 0 radical (unpaired) electrons. The fourth-order valence-electron chi connectivity index (χ4n) is 8.35. The Morgan fingerprint density at radius 1 is 0.382 bits per heavy atom. The van der Waals surface area contributed by atoms with Crippen molar-refractivity contribution in [2.75, 3.05) is 0 Å². The Bertz CT molecular complexity index is 3070. The van der Waals surface area contributed by atoms with Crippen molar-refractivity contribution in [3.8, 4) is 67.9 Å². The van der Waals surface area contributed by atoms with Gasteiger partial charge in [-0.25, -0.2) is 19.9 Å². The van der Waals surface area contributed by atoms with Gasteiger partial charge in [-0.2, -0.15) is 0 Å². The number of rotatable bonds is 5. The van der Waals surface area contributed by atoms with E-state index in [0.29, 0.717) is 23.4 Å². The number of hydrogen-bond acceptors (Lipinski definition) is 6. The quantitative estimate of drug-likeness (QED) is 0.177. The van der Waals surface area contributed by atoms with Crippen LogP contribution in [0.5, 0.6) is 0 Å². The van der Waals surface area contributed by atoms with Gasteiger partial charge in [-0.05, 0) is 58.1 Å². The fourth-order valence-corrected chi connectivity index (χ4v) is 8.35. The maximum Gasteiger partial charge on any atom is 0.227 e. The average molecular weight is 709 g/mol. The van der Waals surface area contributed by atoms with E-state index in [-0.39, 0.29) is 5.41 Å². The van der Waals surface area contributed by atoms with Crippen LogP contribution in [0.3, 0.4) is 0 Å². The molecule has 1 aliphatic rings. The van der Waals surface area contributed by atoms with Crippen molar-refractivity contribution in [3.05, 3.63) is 169 Å². The zero-order valence-electron chi connectivity index (χ0n) is 30.1. The topological polar surface area (TPSA) is 77.8 Å². The number of hydrogen-bond donors (Lipinski definition) is 0. The minimum absolute atomic E-state index is 0.0721. The fraction of sp³-hybridized carbons (Fsp3) is 0.0612. The zero-order valence-corrected chi connectivity index (χ0v) is 30.1. The number of aromatic nitrogens is 4. The molecule has 0 amide bonds. The van der Waals surface area contributed by atoms with Crippen molar-refractivity contribution in [1.29, 1.82) is 0 Å². The van der Waals surface area contributed by atoms with Crippen molar-refractivity contribution in [3.63, 3.8) is 0 Å². The molecule has 0 spiro atoms. The van der Waals surface area contributed by atoms with Gasteiger partial charge in [-0.1, -0.05) is 141 Å². The van der Waals surface area contributed by atoms with E-state index in [2.05, 4.69) is 74.5 Å². The molecule has 10 aromatic rings. The Balaban J connectivity index is 1.10. The van der Waals surface area contributed by atoms with Crippen LogP contribution < -0.4 is 0 Å². The molecule has 3 heterocycles. The van der Waals surface area contributed by atoms with E-state index in [9.17, 15) is 0 Å². The Morgan fingerprint density at radius 2 is 0.927 bits per heavy atom. The van der Waals surface area contributed by atoms with Gasteiger partial charge in [-0.3, -0.25) is 0 Å². The van der Waals surface area contributed by atoms with Crippen LogP contribution in [0.2, 0.25) is 0 Å². The summed E-state index contributed by atoms with van der Waals surface area (Å²) in [5.74, 6) is 2.37. The third-order valence-electron chi connectivity index (χ3n) is 11.0. The first-order valence-electron chi connectivity index (χ1n) is 18.5. The van der Waals surface area contributed by atoms with Crippen molar-refractivity contribution in [2.45, 2.75) is 19.3 Å². The molecule has 3 aromatic heterocycles. The molecule has 55 heavy (non-hydrogen) atoms. The molecule has 0 unspecified atom stereocenters. The lowest BCUT2D eigenvalue weighted by Gasteiger charge is -2.21. The van der Waals surface area contributed by atoms with E-state index in [1.807, 2.05) is 97.1 Å². The maximum atomic E-state index is 6.57. The SMILES string of the molecule is CC1(C)c2ccccc2-c2cc(-c3nc4c(-c5cccc6oc7cccc(-c8nc(-c9ccccc9)nc(-c9ccccc9)n8)c7c56)cccc4o3)ccc21. The minimum Gasteiger partial charge on any atom is -0.456 e. The molecule has 0 N–H and O–H groups in total. The highest BCUT2D eigenvalue weighted by Gasteiger charge is 2.35. The molecular weight excluding hydrogens is 677 g/mol. The number of nitrogens with zero attached hydrogens (tertiary/aromatic N) is 4. The van der Waals surface area contributed by atoms with E-state index in [1.54, 1.807) is 0 Å². The summed E-state index contributed by atoms with van der Waals surface area (Å²) in [4.78, 5) is 20.3. The van der Waals surface area contributed by atoms with Crippen LogP contribution in [-0.2, 0) is 5.41 Å². The summed E-state index contributed by atoms with van der Waals surface area (Å²) in [5, 5.41) is 1.89. The van der Waals surface area contributed by atoms with Crippen LogP contribution in [0.15, 0.2) is 167 Å². The zero-order chi connectivity index (χ0) is 36.7. The van der Waals surface area contributed by atoms with Crippen LogP contribution in [0.4, 0.5) is 0 Å². The molecule has 260 valence electrons. The molecule has 1 aliphatic carbocycles. The minimum atomic E-state index is -0.0721. The molecule has 0 fully saturated rings. The first kappa shape index (κ1) is 31.4. The molecule has 0 bridgehead atoms. The van der Waals surface area contributed by atoms with E-state index >= 15 is 0 Å². The first-order chi connectivity index (χ1) is 27.0. The van der Waals surface area contributed by atoms with Gasteiger partial charge in [0.2, 0.25) is 5.89 Å². The van der Waals surface area contributed by atoms with Gasteiger partial charge in [0.25, 0.3) is 0 Å². The van der Waals surface area contributed by atoms with Gasteiger partial charge in [0.05, 0.1) is 0 Å². The highest BCUT2D eigenvalue weighted by molar-refractivity contribution is 6.19. The summed E-state index contributed by atoms with van der Waals surface area (Å²) >= 11 is 0. The van der Waals surface area contributed by atoms with Crippen LogP contribution in [0.1, 0.15) is 25.0 Å². The van der Waals surface area contributed by atoms with Gasteiger partial charge in [-0.15, -0.1) is 0 Å². The van der Waals surface area contributed by atoms with Gasteiger partial charge in [0.1, 0.15) is 16.7 Å². The molecule has 0 saturated carbocycles. The number of furan rings is 1. The van der Waals surface area contributed by atoms with Gasteiger partial charge >= 0.3 is 0 Å². The highest BCUT2D eigenvalue weighted by Crippen LogP contribution is 2.50. The summed E-state index contributed by atoms with van der Waals surface area (Å²) in [6.07, 6.45) is 0. The lowest BCUT2D eigenvalue weighted by Crippen LogP contribution is -2.14. The van der Waals surface area contributed by atoms with E-state index in [4.69, 9.17) is 28.8 Å². The molecule has 6 nitrogen and oxygen atoms in total. The second kappa shape index (κ2) is 11.9. The molecule has 6 heteroatoms. The summed E-state index contributed by atoms with van der Waals surface area (Å²) in [5.41, 5.74) is 13.7. The molecular formula is C49H32N4O2. The number of fused-ring (bicyclic) bond motifs is 7. The highest BCUT2D eigenvalue weighted by atomic mass is 16.3. The first-order valence-corrected chi connectivity index (χ1v) is 18.5. The molecule has 0 atom stereocenters. The smallest absolute Gasteiger partial charge is 0.227 e. The summed E-state index contributed by atoms with van der Waals surface area (Å²) < 4.78 is 13.1. The monoisotopic (exact) mass is 708 g/mol. The summed E-state index contributed by atoms with van der Waals surface area (Å²) in [6, 6.07) is 53.7. The normalized spacial score (nSPS) is 13.1. The number of para-hydroxylation sites is 1. The second-order valence-corrected chi connectivity index (χ2v) is 14.6. The lowest BCUT2D eigenvalue weighted by atomic mass is 9.82. The molecule has 0 saturated heterocycles. The van der Waals surface area contributed by atoms with Crippen molar-refractivity contribution < 1.29 is 8.83 Å². The summed E-state index contributed by atoms with van der Waals surface area (Å²) in [6.45, 7) is 4.58. The predicted octanol–water partition coefficient (Wildman–Crippen LogP) is 12.6.